The standard InChI is InChI=1S/C13H17BrN2OS/c1-8-4-5-10(14)9(6-8)11(17)16-7-13(2,3)12(15)18/h4-6H,7H2,1-3H3,(H2,15,18)(H,16,17). The van der Waals surface area contributed by atoms with Crippen LogP contribution in [0.3, 0.4) is 0 Å². The summed E-state index contributed by atoms with van der Waals surface area (Å²) in [6.07, 6.45) is 0. The molecular formula is C13H17BrN2OS. The highest BCUT2D eigenvalue weighted by Gasteiger charge is 2.22. The Hall–Kier alpha value is -0.940. The number of carbonyl (C=O) groups excluding carboxylic acids is 1. The molecule has 0 aliphatic heterocycles. The summed E-state index contributed by atoms with van der Waals surface area (Å²) in [6, 6.07) is 5.65. The number of benzene rings is 1. The SMILES string of the molecule is Cc1ccc(Br)c(C(=O)NCC(C)(C)C(N)=S)c1. The summed E-state index contributed by atoms with van der Waals surface area (Å²) in [5.74, 6) is -0.130. The van der Waals surface area contributed by atoms with Gasteiger partial charge in [0.05, 0.1) is 10.6 Å². The zero-order chi connectivity index (χ0) is 13.9. The molecule has 1 aromatic rings. The molecule has 5 heteroatoms. The van der Waals surface area contributed by atoms with Crippen molar-refractivity contribution >= 4 is 39.0 Å². The minimum atomic E-state index is -0.388. The maximum Gasteiger partial charge on any atom is 0.252 e. The van der Waals surface area contributed by atoms with Crippen LogP contribution in [0.2, 0.25) is 0 Å². The van der Waals surface area contributed by atoms with Crippen molar-refractivity contribution < 1.29 is 4.79 Å². The monoisotopic (exact) mass is 328 g/mol. The Kier molecular flexibility index (Phi) is 4.87. The van der Waals surface area contributed by atoms with E-state index in [0.717, 1.165) is 10.0 Å². The molecule has 0 radical (unpaired) electrons. The number of nitrogens with one attached hydrogen (secondary N) is 1. The van der Waals surface area contributed by atoms with Crippen molar-refractivity contribution in [3.05, 3.63) is 33.8 Å². The molecule has 0 aromatic heterocycles. The van der Waals surface area contributed by atoms with Crippen LogP contribution in [0.5, 0.6) is 0 Å². The lowest BCUT2D eigenvalue weighted by Gasteiger charge is -2.23. The van der Waals surface area contributed by atoms with Crippen LogP contribution in [0.4, 0.5) is 0 Å². The number of thiocarbonyl (C=S) groups is 1. The normalized spacial score (nSPS) is 11.1. The number of amides is 1. The summed E-state index contributed by atoms with van der Waals surface area (Å²) in [4.78, 5) is 12.5. The summed E-state index contributed by atoms with van der Waals surface area (Å²) in [6.45, 7) is 6.17. The van der Waals surface area contributed by atoms with Gasteiger partial charge in [0, 0.05) is 16.4 Å². The molecule has 0 spiro atoms. The van der Waals surface area contributed by atoms with E-state index in [1.165, 1.54) is 0 Å². The number of hydrogen-bond donors (Lipinski definition) is 2. The Morgan fingerprint density at radius 2 is 2.11 bits per heavy atom. The summed E-state index contributed by atoms with van der Waals surface area (Å²) in [5, 5.41) is 2.85. The zero-order valence-corrected chi connectivity index (χ0v) is 13.1. The van der Waals surface area contributed by atoms with Gasteiger partial charge in [-0.25, -0.2) is 0 Å². The molecule has 0 saturated heterocycles. The number of rotatable bonds is 4. The van der Waals surface area contributed by atoms with Crippen molar-refractivity contribution in [2.45, 2.75) is 20.8 Å². The fourth-order valence-corrected chi connectivity index (χ4v) is 1.80. The second-order valence-electron chi connectivity index (χ2n) is 4.91. The highest BCUT2D eigenvalue weighted by Crippen LogP contribution is 2.19. The minimum absolute atomic E-state index is 0.130. The number of carbonyl (C=O) groups is 1. The fraction of sp³-hybridized carbons (Fsp3) is 0.385. The molecule has 0 fully saturated rings. The van der Waals surface area contributed by atoms with Crippen LogP contribution in [-0.2, 0) is 0 Å². The Morgan fingerprint density at radius 1 is 1.50 bits per heavy atom. The van der Waals surface area contributed by atoms with E-state index >= 15 is 0 Å². The first-order valence-electron chi connectivity index (χ1n) is 5.58. The molecule has 18 heavy (non-hydrogen) atoms. The Morgan fingerprint density at radius 3 is 2.67 bits per heavy atom. The van der Waals surface area contributed by atoms with Crippen molar-refractivity contribution in [3.8, 4) is 0 Å². The van der Waals surface area contributed by atoms with Gasteiger partial charge in [-0.2, -0.15) is 0 Å². The lowest BCUT2D eigenvalue weighted by molar-refractivity contribution is 0.0944. The minimum Gasteiger partial charge on any atom is -0.393 e. The summed E-state index contributed by atoms with van der Waals surface area (Å²) in [5.41, 5.74) is 6.89. The maximum atomic E-state index is 12.1. The van der Waals surface area contributed by atoms with Gasteiger partial charge in [0.25, 0.3) is 5.91 Å². The van der Waals surface area contributed by atoms with Crippen LogP contribution >= 0.6 is 28.1 Å². The molecule has 0 heterocycles. The van der Waals surface area contributed by atoms with Gasteiger partial charge in [-0.3, -0.25) is 4.79 Å². The number of nitrogens with two attached hydrogens (primary N) is 1. The van der Waals surface area contributed by atoms with E-state index in [1.54, 1.807) is 0 Å². The Balaban J connectivity index is 2.78. The van der Waals surface area contributed by atoms with Gasteiger partial charge in [0.15, 0.2) is 0 Å². The van der Waals surface area contributed by atoms with E-state index in [0.29, 0.717) is 17.1 Å². The molecule has 1 rings (SSSR count). The molecule has 3 N–H and O–H groups in total. The van der Waals surface area contributed by atoms with Gasteiger partial charge in [-0.15, -0.1) is 0 Å². The van der Waals surface area contributed by atoms with Crippen molar-refractivity contribution in [1.82, 2.24) is 5.32 Å². The van der Waals surface area contributed by atoms with Crippen LogP contribution in [0.25, 0.3) is 0 Å². The summed E-state index contributed by atoms with van der Waals surface area (Å²) in [7, 11) is 0. The van der Waals surface area contributed by atoms with Crippen molar-refractivity contribution in [3.63, 3.8) is 0 Å². The van der Waals surface area contributed by atoms with E-state index in [2.05, 4.69) is 21.2 Å². The third-order valence-electron chi connectivity index (χ3n) is 2.72. The largest absolute Gasteiger partial charge is 0.393 e. The molecule has 0 saturated carbocycles. The zero-order valence-electron chi connectivity index (χ0n) is 10.7. The van der Waals surface area contributed by atoms with Crippen molar-refractivity contribution in [2.75, 3.05) is 6.54 Å². The summed E-state index contributed by atoms with van der Waals surface area (Å²) < 4.78 is 0.777. The highest BCUT2D eigenvalue weighted by molar-refractivity contribution is 9.10. The summed E-state index contributed by atoms with van der Waals surface area (Å²) >= 11 is 8.33. The van der Waals surface area contributed by atoms with E-state index in [4.69, 9.17) is 18.0 Å². The topological polar surface area (TPSA) is 55.1 Å². The third-order valence-corrected chi connectivity index (χ3v) is 3.97. The highest BCUT2D eigenvalue weighted by atomic mass is 79.9. The van der Waals surface area contributed by atoms with Gasteiger partial charge >= 0.3 is 0 Å². The predicted octanol–water partition coefficient (Wildman–Crippen LogP) is 2.80. The van der Waals surface area contributed by atoms with Gasteiger partial charge in [0.2, 0.25) is 0 Å². The molecule has 1 amide bonds. The first-order chi connectivity index (χ1) is 8.24. The van der Waals surface area contributed by atoms with Gasteiger partial charge in [-0.1, -0.05) is 37.7 Å². The second-order valence-corrected chi connectivity index (χ2v) is 6.21. The molecule has 0 atom stereocenters. The molecule has 3 nitrogen and oxygen atoms in total. The van der Waals surface area contributed by atoms with E-state index in [9.17, 15) is 4.79 Å². The molecule has 0 unspecified atom stereocenters. The van der Waals surface area contributed by atoms with Crippen LogP contribution in [0, 0.1) is 12.3 Å². The lowest BCUT2D eigenvalue weighted by Crippen LogP contribution is -2.41. The second kappa shape index (κ2) is 5.80. The van der Waals surface area contributed by atoms with Crippen LogP contribution in [0.15, 0.2) is 22.7 Å². The van der Waals surface area contributed by atoms with Crippen LogP contribution in [0.1, 0.15) is 29.8 Å². The molecular weight excluding hydrogens is 312 g/mol. The molecule has 1 aromatic carbocycles. The lowest BCUT2D eigenvalue weighted by atomic mass is 9.93. The first kappa shape index (κ1) is 15.1. The molecule has 98 valence electrons. The maximum absolute atomic E-state index is 12.1. The van der Waals surface area contributed by atoms with Crippen LogP contribution < -0.4 is 11.1 Å². The van der Waals surface area contributed by atoms with E-state index < -0.39 is 0 Å². The quantitative estimate of drug-likeness (QED) is 0.835. The van der Waals surface area contributed by atoms with Crippen molar-refractivity contribution in [1.29, 1.82) is 0 Å². The molecule has 0 aliphatic carbocycles. The molecule has 0 bridgehead atoms. The third kappa shape index (κ3) is 3.78. The number of aryl methyl sites for hydroxylation is 1. The fourth-order valence-electron chi connectivity index (χ4n) is 1.30. The van der Waals surface area contributed by atoms with E-state index in [1.807, 2.05) is 39.0 Å². The Labute approximate surface area is 121 Å². The van der Waals surface area contributed by atoms with Gasteiger partial charge in [-0.05, 0) is 35.0 Å². The predicted molar refractivity (Wildman–Crippen MR) is 81.8 cm³/mol. The van der Waals surface area contributed by atoms with Crippen LogP contribution in [-0.4, -0.2) is 17.4 Å². The Bertz CT molecular complexity index is 486. The van der Waals surface area contributed by atoms with Gasteiger partial charge < -0.3 is 11.1 Å². The first-order valence-corrected chi connectivity index (χ1v) is 6.78. The van der Waals surface area contributed by atoms with E-state index in [-0.39, 0.29) is 11.3 Å². The average molecular weight is 329 g/mol. The van der Waals surface area contributed by atoms with Crippen molar-refractivity contribution in [2.24, 2.45) is 11.1 Å². The molecule has 0 aliphatic rings. The van der Waals surface area contributed by atoms with Gasteiger partial charge in [0.1, 0.15) is 0 Å². The smallest absolute Gasteiger partial charge is 0.252 e. The number of hydrogen-bond acceptors (Lipinski definition) is 2. The number of halogens is 1. The average Bonchev–Trinajstić information content (AvgIpc) is 2.29.